The van der Waals surface area contributed by atoms with Gasteiger partial charge in [-0.1, -0.05) is 19.1 Å². The fourth-order valence-corrected chi connectivity index (χ4v) is 3.95. The normalized spacial score (nSPS) is 14.4. The molecule has 1 amide bonds. The maximum Gasteiger partial charge on any atom is 0.259 e. The maximum atomic E-state index is 14.1. The minimum absolute atomic E-state index is 0.284. The summed E-state index contributed by atoms with van der Waals surface area (Å²) in [5.41, 5.74) is 1.93. The average molecular weight is 420 g/mol. The number of carbonyl (C=O) groups excluding carboxylic acids is 1. The average Bonchev–Trinajstić information content (AvgIpc) is 3.03. The molecule has 1 aliphatic rings. The van der Waals surface area contributed by atoms with Crippen molar-refractivity contribution in [1.82, 2.24) is 9.88 Å². The Morgan fingerprint density at radius 3 is 2.58 bits per heavy atom. The van der Waals surface area contributed by atoms with Gasteiger partial charge in [-0.2, -0.15) is 5.26 Å². The lowest BCUT2D eigenvalue weighted by molar-refractivity contribution is 0.0757. The fourth-order valence-electron chi connectivity index (χ4n) is 3.95. The molecule has 0 spiro atoms. The van der Waals surface area contributed by atoms with E-state index in [1.807, 2.05) is 29.2 Å². The summed E-state index contributed by atoms with van der Waals surface area (Å²) in [6.45, 7) is 3.74. The number of fused-ring (bicyclic) bond motifs is 1. The molecule has 0 N–H and O–H groups in total. The van der Waals surface area contributed by atoms with E-state index in [2.05, 4.69) is 13.0 Å². The quantitative estimate of drug-likeness (QED) is 0.634. The molecule has 1 saturated heterocycles. The van der Waals surface area contributed by atoms with E-state index in [4.69, 9.17) is 4.98 Å². The monoisotopic (exact) mass is 420 g/mol. The van der Waals surface area contributed by atoms with Crippen molar-refractivity contribution in [2.45, 2.75) is 19.8 Å². The number of carbonyl (C=O) groups is 1. The Morgan fingerprint density at radius 2 is 1.87 bits per heavy atom. The summed E-state index contributed by atoms with van der Waals surface area (Å²) < 4.78 is 28.1. The van der Waals surface area contributed by atoms with Crippen LogP contribution in [0, 0.1) is 23.0 Å². The largest absolute Gasteiger partial charge is 0.354 e. The molecule has 31 heavy (non-hydrogen) atoms. The first-order valence-electron chi connectivity index (χ1n) is 10.3. The van der Waals surface area contributed by atoms with E-state index < -0.39 is 23.1 Å². The highest BCUT2D eigenvalue weighted by atomic mass is 19.1. The van der Waals surface area contributed by atoms with Crippen molar-refractivity contribution in [3.63, 3.8) is 0 Å². The van der Waals surface area contributed by atoms with E-state index in [9.17, 15) is 18.8 Å². The third-order valence-corrected chi connectivity index (χ3v) is 5.65. The number of rotatable bonds is 3. The van der Waals surface area contributed by atoms with Crippen molar-refractivity contribution in [2.24, 2.45) is 0 Å². The summed E-state index contributed by atoms with van der Waals surface area (Å²) in [6, 6.07) is 13.5. The molecule has 5 nitrogen and oxygen atoms in total. The summed E-state index contributed by atoms with van der Waals surface area (Å²) >= 11 is 0. The number of aryl methyl sites for hydroxylation is 1. The standard InChI is InChI=1S/C24H22F2N4O/c1-2-16-7-8-21-17(13-16)14-18(15-27)23(28-21)29-9-4-10-30(12-11-29)24(31)22-19(25)5-3-6-20(22)26/h3,5-8,13-14H,2,4,9-12H2,1H3. The van der Waals surface area contributed by atoms with Gasteiger partial charge in [-0.05, 0) is 48.7 Å². The molecular formula is C24H22F2N4O. The van der Waals surface area contributed by atoms with Crippen molar-refractivity contribution in [3.05, 3.63) is 70.8 Å². The predicted molar refractivity (Wildman–Crippen MR) is 115 cm³/mol. The molecule has 0 atom stereocenters. The van der Waals surface area contributed by atoms with Crippen LogP contribution in [0.5, 0.6) is 0 Å². The van der Waals surface area contributed by atoms with Crippen LogP contribution in [0.25, 0.3) is 10.9 Å². The second-order valence-corrected chi connectivity index (χ2v) is 7.58. The molecule has 2 aromatic carbocycles. The first-order valence-corrected chi connectivity index (χ1v) is 10.3. The Bertz CT molecular complexity index is 1170. The van der Waals surface area contributed by atoms with Gasteiger partial charge in [0.15, 0.2) is 0 Å². The molecule has 0 aliphatic carbocycles. The van der Waals surface area contributed by atoms with E-state index in [-0.39, 0.29) is 6.54 Å². The third-order valence-electron chi connectivity index (χ3n) is 5.65. The Morgan fingerprint density at radius 1 is 1.10 bits per heavy atom. The molecule has 4 rings (SSSR count). The van der Waals surface area contributed by atoms with Gasteiger partial charge in [-0.3, -0.25) is 4.79 Å². The molecule has 1 fully saturated rings. The topological polar surface area (TPSA) is 60.2 Å². The zero-order valence-electron chi connectivity index (χ0n) is 17.2. The number of nitriles is 1. The van der Waals surface area contributed by atoms with E-state index >= 15 is 0 Å². The lowest BCUT2D eigenvalue weighted by atomic mass is 10.1. The summed E-state index contributed by atoms with van der Waals surface area (Å²) in [4.78, 5) is 20.9. The highest BCUT2D eigenvalue weighted by Crippen LogP contribution is 2.26. The zero-order valence-corrected chi connectivity index (χ0v) is 17.2. The first-order chi connectivity index (χ1) is 15.0. The van der Waals surface area contributed by atoms with Crippen LogP contribution in [-0.2, 0) is 6.42 Å². The number of benzene rings is 2. The van der Waals surface area contributed by atoms with Gasteiger partial charge in [0.05, 0.1) is 11.1 Å². The molecule has 3 aromatic rings. The number of hydrogen-bond acceptors (Lipinski definition) is 4. The molecule has 2 heterocycles. The maximum absolute atomic E-state index is 14.1. The summed E-state index contributed by atoms with van der Waals surface area (Å²) in [6.07, 6.45) is 1.50. The van der Waals surface area contributed by atoms with Gasteiger partial charge in [-0.25, -0.2) is 13.8 Å². The van der Waals surface area contributed by atoms with Gasteiger partial charge in [0.25, 0.3) is 5.91 Å². The molecule has 0 unspecified atom stereocenters. The van der Waals surface area contributed by atoms with Crippen LogP contribution in [0.2, 0.25) is 0 Å². The van der Waals surface area contributed by atoms with Crippen molar-refractivity contribution in [2.75, 3.05) is 31.1 Å². The van der Waals surface area contributed by atoms with Gasteiger partial charge >= 0.3 is 0 Å². The molecule has 1 aromatic heterocycles. The van der Waals surface area contributed by atoms with Gasteiger partial charge < -0.3 is 9.80 Å². The number of anilines is 1. The Labute approximate surface area is 179 Å². The van der Waals surface area contributed by atoms with Gasteiger partial charge in [-0.15, -0.1) is 0 Å². The first kappa shape index (κ1) is 20.7. The zero-order chi connectivity index (χ0) is 22.0. The van der Waals surface area contributed by atoms with Crippen LogP contribution in [-0.4, -0.2) is 42.0 Å². The summed E-state index contributed by atoms with van der Waals surface area (Å²) in [5, 5.41) is 10.6. The lowest BCUT2D eigenvalue weighted by Crippen LogP contribution is -2.36. The molecule has 0 radical (unpaired) electrons. The predicted octanol–water partition coefficient (Wildman–Crippen LogP) is 4.30. The molecule has 158 valence electrons. The molecular weight excluding hydrogens is 398 g/mol. The van der Waals surface area contributed by atoms with Crippen molar-refractivity contribution in [1.29, 1.82) is 5.26 Å². The molecule has 7 heteroatoms. The van der Waals surface area contributed by atoms with Crippen LogP contribution in [0.4, 0.5) is 14.6 Å². The van der Waals surface area contributed by atoms with Crippen LogP contribution in [0.3, 0.4) is 0 Å². The minimum atomic E-state index is -0.861. The van der Waals surface area contributed by atoms with Crippen LogP contribution < -0.4 is 4.90 Å². The number of pyridine rings is 1. The van der Waals surface area contributed by atoms with Crippen molar-refractivity contribution < 1.29 is 13.6 Å². The number of hydrogen-bond donors (Lipinski definition) is 0. The summed E-state index contributed by atoms with van der Waals surface area (Å²) in [7, 11) is 0. The SMILES string of the molecule is CCc1ccc2nc(N3CCCN(C(=O)c4c(F)cccc4F)CC3)c(C#N)cc2c1. The second kappa shape index (κ2) is 8.68. The number of halogens is 2. The van der Waals surface area contributed by atoms with E-state index in [0.717, 1.165) is 29.5 Å². The highest BCUT2D eigenvalue weighted by Gasteiger charge is 2.26. The number of amides is 1. The second-order valence-electron chi connectivity index (χ2n) is 7.58. The van der Waals surface area contributed by atoms with E-state index in [1.165, 1.54) is 16.5 Å². The summed E-state index contributed by atoms with van der Waals surface area (Å²) in [5.74, 6) is -1.80. The Hall–Kier alpha value is -3.53. The lowest BCUT2D eigenvalue weighted by Gasteiger charge is -2.24. The third kappa shape index (κ3) is 4.06. The van der Waals surface area contributed by atoms with Gasteiger partial charge in [0, 0.05) is 31.6 Å². The minimum Gasteiger partial charge on any atom is -0.354 e. The van der Waals surface area contributed by atoms with E-state index in [1.54, 1.807) is 0 Å². The van der Waals surface area contributed by atoms with Crippen LogP contribution in [0.15, 0.2) is 42.5 Å². The van der Waals surface area contributed by atoms with E-state index in [0.29, 0.717) is 37.4 Å². The van der Waals surface area contributed by atoms with Gasteiger partial charge in [0.2, 0.25) is 0 Å². The van der Waals surface area contributed by atoms with Gasteiger partial charge in [0.1, 0.15) is 29.1 Å². The molecule has 0 saturated carbocycles. The van der Waals surface area contributed by atoms with Crippen molar-refractivity contribution in [3.8, 4) is 6.07 Å². The highest BCUT2D eigenvalue weighted by molar-refractivity contribution is 5.95. The molecule has 0 bridgehead atoms. The van der Waals surface area contributed by atoms with Crippen molar-refractivity contribution >= 4 is 22.6 Å². The smallest absolute Gasteiger partial charge is 0.259 e. The number of aromatic nitrogens is 1. The van der Waals surface area contributed by atoms with Crippen LogP contribution in [0.1, 0.15) is 34.8 Å². The molecule has 1 aliphatic heterocycles. The fraction of sp³-hybridized carbons (Fsp3) is 0.292. The Kier molecular flexibility index (Phi) is 5.81. The Balaban J connectivity index is 1.59. The number of nitrogens with zero attached hydrogens (tertiary/aromatic N) is 4. The van der Waals surface area contributed by atoms with Crippen LogP contribution >= 0.6 is 0 Å².